The molecule has 2 aromatic heterocycles. The van der Waals surface area contributed by atoms with Crippen molar-refractivity contribution in [2.75, 3.05) is 4.72 Å². The minimum Gasteiger partial charge on any atom is -0.381 e. The van der Waals surface area contributed by atoms with Gasteiger partial charge < -0.3 is 5.11 Å². The summed E-state index contributed by atoms with van der Waals surface area (Å²) in [7, 11) is -4.03. The topological polar surface area (TPSA) is 115 Å². The lowest BCUT2D eigenvalue weighted by atomic mass is 9.86. The second-order valence-corrected chi connectivity index (χ2v) is 11.4. The monoisotopic (exact) mass is 592 g/mol. The van der Waals surface area contributed by atoms with Gasteiger partial charge in [-0.15, -0.1) is 0 Å². The Labute approximate surface area is 231 Å². The molecule has 202 valence electrons. The summed E-state index contributed by atoms with van der Waals surface area (Å²) in [5, 5.41) is 21.1. The highest BCUT2D eigenvalue weighted by molar-refractivity contribution is 7.92. The number of nitrogens with zero attached hydrogens (tertiary/aromatic N) is 5. The highest BCUT2D eigenvalue weighted by Gasteiger charge is 2.41. The summed E-state index contributed by atoms with van der Waals surface area (Å²) in [5.41, 5.74) is -1.33. The molecule has 5 aromatic rings. The number of sulfonamides is 1. The molecule has 2 atom stereocenters. The van der Waals surface area contributed by atoms with E-state index in [0.717, 1.165) is 6.07 Å². The molecule has 2 unspecified atom stereocenters. The smallest absolute Gasteiger partial charge is 0.263 e. The van der Waals surface area contributed by atoms with E-state index in [-0.39, 0.29) is 27.7 Å². The van der Waals surface area contributed by atoms with Gasteiger partial charge in [0.2, 0.25) is 0 Å². The Kier molecular flexibility index (Phi) is 7.06. The van der Waals surface area contributed by atoms with Crippen molar-refractivity contribution in [1.82, 2.24) is 24.5 Å². The van der Waals surface area contributed by atoms with E-state index < -0.39 is 33.3 Å². The average molecular weight is 593 g/mol. The first-order chi connectivity index (χ1) is 18.5. The molecule has 0 aliphatic heterocycles. The average Bonchev–Trinajstić information content (AvgIpc) is 3.52. The first kappa shape index (κ1) is 27.0. The summed E-state index contributed by atoms with van der Waals surface area (Å²) in [6.45, 7) is 1.42. The number of halogens is 4. The third kappa shape index (κ3) is 5.20. The molecular weight excluding hydrogens is 573 g/mol. The number of hydrogen-bond acceptors (Lipinski definition) is 6. The summed E-state index contributed by atoms with van der Waals surface area (Å²) >= 11 is 12.0. The van der Waals surface area contributed by atoms with Crippen LogP contribution in [0, 0.1) is 11.6 Å². The lowest BCUT2D eigenvalue weighted by molar-refractivity contribution is -0.0354. The maximum absolute atomic E-state index is 14.9. The highest BCUT2D eigenvalue weighted by atomic mass is 35.5. The number of aliphatic hydroxyl groups is 1. The Bertz CT molecular complexity index is 1780. The van der Waals surface area contributed by atoms with E-state index in [2.05, 4.69) is 19.9 Å². The maximum atomic E-state index is 14.9. The SMILES string of the molecule is CC(n1ncc2cc(NS(=O)(=O)c3ccc(Cl)cc3Cl)ccc21)C(O)(Cn1cncn1)c1ccc(F)cc1F. The number of anilines is 1. The molecule has 3 aromatic carbocycles. The minimum absolute atomic E-state index is 0.0302. The van der Waals surface area contributed by atoms with Crippen molar-refractivity contribution in [3.05, 3.63) is 101 Å². The Morgan fingerprint density at radius 3 is 2.56 bits per heavy atom. The van der Waals surface area contributed by atoms with Gasteiger partial charge in [0, 0.05) is 27.7 Å². The summed E-state index contributed by atoms with van der Waals surface area (Å²) in [5.74, 6) is -1.72. The molecule has 0 radical (unpaired) electrons. The van der Waals surface area contributed by atoms with Crippen molar-refractivity contribution in [2.45, 2.75) is 30.0 Å². The molecule has 0 fully saturated rings. The Hall–Kier alpha value is -3.58. The van der Waals surface area contributed by atoms with Gasteiger partial charge in [0.15, 0.2) is 0 Å². The fourth-order valence-corrected chi connectivity index (χ4v) is 6.20. The van der Waals surface area contributed by atoms with Crippen LogP contribution >= 0.6 is 23.2 Å². The molecule has 39 heavy (non-hydrogen) atoms. The molecule has 2 N–H and O–H groups in total. The summed E-state index contributed by atoms with van der Waals surface area (Å²) in [6, 6.07) is 10.8. The van der Waals surface area contributed by atoms with Gasteiger partial charge in [-0.2, -0.15) is 10.2 Å². The molecule has 0 amide bonds. The third-order valence-electron chi connectivity index (χ3n) is 6.36. The molecule has 5 rings (SSSR count). The fourth-order valence-electron chi connectivity index (χ4n) is 4.38. The standard InChI is InChI=1S/C25H20Cl2F2N6O3S/c1-15(25(36,12-34-14-30-13-32-34)20-5-3-18(28)10-22(20)29)35-23-6-4-19(8-16(23)11-31-35)33-39(37,38)24-7-2-17(26)9-21(24)27/h2-11,13-15,33,36H,12H2,1H3. The van der Waals surface area contributed by atoms with Crippen molar-refractivity contribution < 1.29 is 22.3 Å². The van der Waals surface area contributed by atoms with Crippen molar-refractivity contribution in [3.8, 4) is 0 Å². The minimum atomic E-state index is -4.03. The van der Waals surface area contributed by atoms with Crippen LogP contribution in [0.2, 0.25) is 10.0 Å². The molecule has 0 aliphatic carbocycles. The van der Waals surface area contributed by atoms with Crippen LogP contribution in [0.4, 0.5) is 14.5 Å². The number of rotatable bonds is 8. The Morgan fingerprint density at radius 1 is 1.08 bits per heavy atom. The van der Waals surface area contributed by atoms with Gasteiger partial charge in [0.05, 0.1) is 29.3 Å². The normalized spacial score (nSPS) is 14.3. The van der Waals surface area contributed by atoms with Crippen LogP contribution in [-0.4, -0.2) is 38.1 Å². The molecule has 0 saturated heterocycles. The van der Waals surface area contributed by atoms with Crippen LogP contribution in [0.3, 0.4) is 0 Å². The molecule has 0 bridgehead atoms. The summed E-state index contributed by atoms with van der Waals surface area (Å²) in [4.78, 5) is 3.73. The molecule has 2 heterocycles. The van der Waals surface area contributed by atoms with E-state index in [1.165, 1.54) is 58.5 Å². The zero-order chi connectivity index (χ0) is 27.9. The van der Waals surface area contributed by atoms with E-state index in [1.54, 1.807) is 19.1 Å². The van der Waals surface area contributed by atoms with Crippen molar-refractivity contribution in [3.63, 3.8) is 0 Å². The van der Waals surface area contributed by atoms with Gasteiger partial charge in [-0.25, -0.2) is 26.9 Å². The van der Waals surface area contributed by atoms with E-state index in [4.69, 9.17) is 23.2 Å². The number of hydrogen-bond donors (Lipinski definition) is 2. The number of aromatic nitrogens is 5. The van der Waals surface area contributed by atoms with E-state index >= 15 is 0 Å². The van der Waals surface area contributed by atoms with E-state index in [1.807, 2.05) is 0 Å². The molecule has 14 heteroatoms. The second kappa shape index (κ2) is 10.2. The van der Waals surface area contributed by atoms with Gasteiger partial charge in [-0.1, -0.05) is 29.3 Å². The van der Waals surface area contributed by atoms with Crippen molar-refractivity contribution in [1.29, 1.82) is 0 Å². The summed E-state index contributed by atoms with van der Waals surface area (Å²) < 4.78 is 59.7. The van der Waals surface area contributed by atoms with Gasteiger partial charge in [0.25, 0.3) is 10.0 Å². The number of benzene rings is 3. The predicted molar refractivity (Wildman–Crippen MR) is 142 cm³/mol. The van der Waals surface area contributed by atoms with Gasteiger partial charge >= 0.3 is 0 Å². The molecule has 0 spiro atoms. The van der Waals surface area contributed by atoms with Crippen molar-refractivity contribution >= 4 is 49.8 Å². The zero-order valence-corrected chi connectivity index (χ0v) is 22.5. The quantitative estimate of drug-likeness (QED) is 0.257. The first-order valence-electron chi connectivity index (χ1n) is 11.4. The fraction of sp³-hybridized carbons (Fsp3) is 0.160. The summed E-state index contributed by atoms with van der Waals surface area (Å²) in [6.07, 6.45) is 4.12. The second-order valence-electron chi connectivity index (χ2n) is 8.86. The first-order valence-corrected chi connectivity index (χ1v) is 13.7. The Morgan fingerprint density at radius 2 is 1.87 bits per heavy atom. The largest absolute Gasteiger partial charge is 0.381 e. The lowest BCUT2D eigenvalue weighted by Crippen LogP contribution is -2.41. The molecule has 0 aliphatic rings. The van der Waals surface area contributed by atoms with Gasteiger partial charge in [-0.05, 0) is 49.4 Å². The van der Waals surface area contributed by atoms with Crippen LogP contribution < -0.4 is 4.72 Å². The predicted octanol–water partition coefficient (Wildman–Crippen LogP) is 5.16. The highest BCUT2D eigenvalue weighted by Crippen LogP contribution is 2.38. The lowest BCUT2D eigenvalue weighted by Gasteiger charge is -2.35. The third-order valence-corrected chi connectivity index (χ3v) is 8.46. The van der Waals surface area contributed by atoms with Crippen LogP contribution in [0.5, 0.6) is 0 Å². The van der Waals surface area contributed by atoms with Crippen molar-refractivity contribution in [2.24, 2.45) is 0 Å². The maximum Gasteiger partial charge on any atom is 0.263 e. The molecule has 0 saturated carbocycles. The Balaban J connectivity index is 1.51. The van der Waals surface area contributed by atoms with Crippen LogP contribution in [0.1, 0.15) is 18.5 Å². The van der Waals surface area contributed by atoms with Gasteiger partial charge in [0.1, 0.15) is 34.8 Å². The van der Waals surface area contributed by atoms with Gasteiger partial charge in [-0.3, -0.25) is 9.40 Å². The van der Waals surface area contributed by atoms with Crippen LogP contribution in [0.15, 0.2) is 78.3 Å². The zero-order valence-electron chi connectivity index (χ0n) is 20.1. The van der Waals surface area contributed by atoms with E-state index in [0.29, 0.717) is 22.0 Å². The van der Waals surface area contributed by atoms with E-state index in [9.17, 15) is 22.3 Å². The van der Waals surface area contributed by atoms with Crippen LogP contribution in [0.25, 0.3) is 10.9 Å². The van der Waals surface area contributed by atoms with Crippen LogP contribution in [-0.2, 0) is 22.2 Å². The molecular formula is C25H20Cl2F2N6O3S. The molecule has 9 nitrogen and oxygen atoms in total. The number of nitrogens with one attached hydrogen (secondary N) is 1. The number of fused-ring (bicyclic) bond motifs is 1.